The second kappa shape index (κ2) is 9.81. The summed E-state index contributed by atoms with van der Waals surface area (Å²) in [6, 6.07) is 14.0. The number of primary amides is 1. The van der Waals surface area contributed by atoms with E-state index in [9.17, 15) is 14.4 Å². The van der Waals surface area contributed by atoms with Gasteiger partial charge >= 0.3 is 12.0 Å². The van der Waals surface area contributed by atoms with Gasteiger partial charge in [0.05, 0.1) is 12.8 Å². The van der Waals surface area contributed by atoms with Crippen molar-refractivity contribution in [2.45, 2.75) is 12.5 Å². The summed E-state index contributed by atoms with van der Waals surface area (Å²) in [6.07, 6.45) is 0.191. The van der Waals surface area contributed by atoms with E-state index < -0.39 is 30.6 Å². The van der Waals surface area contributed by atoms with Gasteiger partial charge in [0.2, 0.25) is 0 Å². The summed E-state index contributed by atoms with van der Waals surface area (Å²) in [5.41, 5.74) is 6.39. The van der Waals surface area contributed by atoms with Crippen molar-refractivity contribution in [2.75, 3.05) is 19.0 Å². The molecular weight excluding hydrogens is 350 g/mol. The molecule has 0 spiro atoms. The number of carbonyl (C=O) groups is 3. The van der Waals surface area contributed by atoms with E-state index in [-0.39, 0.29) is 6.42 Å². The van der Waals surface area contributed by atoms with Crippen LogP contribution in [0.4, 0.5) is 10.5 Å². The van der Waals surface area contributed by atoms with Crippen LogP contribution < -0.4 is 21.1 Å². The number of hydrogen-bond acceptors (Lipinski definition) is 5. The van der Waals surface area contributed by atoms with Crippen molar-refractivity contribution < 1.29 is 23.9 Å². The first kappa shape index (κ1) is 19.8. The summed E-state index contributed by atoms with van der Waals surface area (Å²) >= 11 is 0. The fraction of sp³-hybridized carbons (Fsp3) is 0.211. The zero-order chi connectivity index (χ0) is 19.6. The molecule has 0 saturated carbocycles. The van der Waals surface area contributed by atoms with Crippen molar-refractivity contribution in [3.05, 3.63) is 60.2 Å². The molecule has 0 bridgehead atoms. The number of carbonyl (C=O) groups excluding carboxylic acids is 3. The molecule has 0 saturated heterocycles. The minimum absolute atomic E-state index is 0.191. The van der Waals surface area contributed by atoms with E-state index in [1.807, 2.05) is 18.2 Å². The van der Waals surface area contributed by atoms with Crippen molar-refractivity contribution in [1.82, 2.24) is 5.32 Å². The lowest BCUT2D eigenvalue weighted by molar-refractivity contribution is -0.149. The Morgan fingerprint density at radius 1 is 1.04 bits per heavy atom. The highest BCUT2D eigenvalue weighted by Gasteiger charge is 2.23. The molecule has 0 unspecified atom stereocenters. The number of para-hydroxylation sites is 2. The first-order valence-electron chi connectivity index (χ1n) is 8.19. The molecule has 2 rings (SSSR count). The minimum Gasteiger partial charge on any atom is -0.495 e. The lowest BCUT2D eigenvalue weighted by Gasteiger charge is -2.16. The highest BCUT2D eigenvalue weighted by atomic mass is 16.5. The summed E-state index contributed by atoms with van der Waals surface area (Å²) in [5, 5.41) is 4.93. The van der Waals surface area contributed by atoms with E-state index in [1.54, 1.807) is 36.4 Å². The Morgan fingerprint density at radius 2 is 1.70 bits per heavy atom. The Hall–Kier alpha value is -3.55. The molecule has 4 N–H and O–H groups in total. The van der Waals surface area contributed by atoms with Crippen molar-refractivity contribution in [3.63, 3.8) is 0 Å². The van der Waals surface area contributed by atoms with Gasteiger partial charge < -0.3 is 25.8 Å². The number of amides is 3. The van der Waals surface area contributed by atoms with E-state index in [0.717, 1.165) is 5.56 Å². The number of methoxy groups -OCH3 is 1. The van der Waals surface area contributed by atoms with E-state index in [4.69, 9.17) is 15.2 Å². The Labute approximate surface area is 156 Å². The fourth-order valence-electron chi connectivity index (χ4n) is 2.39. The lowest BCUT2D eigenvalue weighted by atomic mass is 10.1. The quantitative estimate of drug-likeness (QED) is 0.607. The number of nitrogens with one attached hydrogen (secondary N) is 2. The van der Waals surface area contributed by atoms with E-state index in [0.29, 0.717) is 11.4 Å². The summed E-state index contributed by atoms with van der Waals surface area (Å²) in [7, 11) is 1.48. The molecule has 27 heavy (non-hydrogen) atoms. The number of hydrogen-bond donors (Lipinski definition) is 3. The summed E-state index contributed by atoms with van der Waals surface area (Å²) in [5.74, 6) is -0.812. The molecule has 0 aromatic heterocycles. The Morgan fingerprint density at radius 3 is 2.37 bits per heavy atom. The van der Waals surface area contributed by atoms with Crippen LogP contribution in [0.15, 0.2) is 54.6 Å². The molecule has 142 valence electrons. The van der Waals surface area contributed by atoms with Gasteiger partial charge in [-0.2, -0.15) is 0 Å². The molecule has 0 aliphatic carbocycles. The highest BCUT2D eigenvalue weighted by Crippen LogP contribution is 2.22. The molecule has 0 heterocycles. The molecule has 0 fully saturated rings. The van der Waals surface area contributed by atoms with Crippen LogP contribution in [0.2, 0.25) is 0 Å². The summed E-state index contributed by atoms with van der Waals surface area (Å²) < 4.78 is 10.2. The van der Waals surface area contributed by atoms with Crippen molar-refractivity contribution in [2.24, 2.45) is 5.73 Å². The lowest BCUT2D eigenvalue weighted by Crippen LogP contribution is -2.46. The third-order valence-electron chi connectivity index (χ3n) is 3.61. The maximum Gasteiger partial charge on any atom is 0.329 e. The molecule has 2 aromatic carbocycles. The molecule has 0 radical (unpaired) electrons. The standard InChI is InChI=1S/C19H21N3O5/c1-26-16-10-6-5-9-14(16)21-17(23)12-27-18(24)15(22-19(20)25)11-13-7-3-2-4-8-13/h2-10,15H,11-12H2,1H3,(H,21,23)(H3,20,22,25)/t15-/m0/s1. The number of benzene rings is 2. The zero-order valence-corrected chi connectivity index (χ0v) is 14.8. The van der Waals surface area contributed by atoms with Crippen LogP contribution in [0.25, 0.3) is 0 Å². The average molecular weight is 371 g/mol. The number of nitrogens with two attached hydrogens (primary N) is 1. The predicted octanol–water partition coefficient (Wildman–Crippen LogP) is 1.46. The third kappa shape index (κ3) is 6.35. The van der Waals surface area contributed by atoms with Crippen LogP contribution in [-0.2, 0) is 20.7 Å². The van der Waals surface area contributed by atoms with Crippen LogP contribution in [-0.4, -0.2) is 37.7 Å². The average Bonchev–Trinajstić information content (AvgIpc) is 2.66. The van der Waals surface area contributed by atoms with Gasteiger partial charge in [0.25, 0.3) is 5.91 Å². The smallest absolute Gasteiger partial charge is 0.329 e. The minimum atomic E-state index is -0.996. The molecule has 8 nitrogen and oxygen atoms in total. The van der Waals surface area contributed by atoms with Gasteiger partial charge in [0, 0.05) is 6.42 Å². The molecule has 0 aliphatic heterocycles. The van der Waals surface area contributed by atoms with Gasteiger partial charge in [-0.15, -0.1) is 0 Å². The van der Waals surface area contributed by atoms with Crippen molar-refractivity contribution in [3.8, 4) is 5.75 Å². The Balaban J connectivity index is 1.94. The van der Waals surface area contributed by atoms with E-state index in [2.05, 4.69) is 10.6 Å². The second-order valence-electron chi connectivity index (χ2n) is 5.61. The van der Waals surface area contributed by atoms with Crippen LogP contribution in [0, 0.1) is 0 Å². The highest BCUT2D eigenvalue weighted by molar-refractivity contribution is 5.94. The van der Waals surface area contributed by atoms with Gasteiger partial charge in [0.15, 0.2) is 6.61 Å². The van der Waals surface area contributed by atoms with E-state index in [1.165, 1.54) is 7.11 Å². The summed E-state index contributed by atoms with van der Waals surface area (Å²) in [6.45, 7) is -0.511. The monoisotopic (exact) mass is 371 g/mol. The first-order chi connectivity index (χ1) is 13.0. The molecule has 0 aliphatic rings. The van der Waals surface area contributed by atoms with Crippen LogP contribution in [0.1, 0.15) is 5.56 Å². The van der Waals surface area contributed by atoms with E-state index >= 15 is 0 Å². The molecule has 1 atom stereocenters. The topological polar surface area (TPSA) is 120 Å². The SMILES string of the molecule is COc1ccccc1NC(=O)COC(=O)[C@H](Cc1ccccc1)NC(N)=O. The van der Waals surface area contributed by atoms with Gasteiger partial charge in [-0.3, -0.25) is 4.79 Å². The van der Waals surface area contributed by atoms with Crippen LogP contribution in [0.3, 0.4) is 0 Å². The Bertz CT molecular complexity index is 795. The third-order valence-corrected chi connectivity index (χ3v) is 3.61. The zero-order valence-electron chi connectivity index (χ0n) is 14.8. The second-order valence-corrected chi connectivity index (χ2v) is 5.61. The number of ether oxygens (including phenoxy) is 2. The summed E-state index contributed by atoms with van der Waals surface area (Å²) in [4.78, 5) is 35.5. The number of rotatable bonds is 8. The largest absolute Gasteiger partial charge is 0.495 e. The van der Waals surface area contributed by atoms with Crippen molar-refractivity contribution in [1.29, 1.82) is 0 Å². The Kier molecular flexibility index (Phi) is 7.18. The van der Waals surface area contributed by atoms with Crippen LogP contribution in [0.5, 0.6) is 5.75 Å². The number of esters is 1. The number of anilines is 1. The van der Waals surface area contributed by atoms with Gasteiger partial charge in [0.1, 0.15) is 11.8 Å². The molecule has 2 aromatic rings. The predicted molar refractivity (Wildman–Crippen MR) is 99.2 cm³/mol. The maximum atomic E-state index is 12.3. The van der Waals surface area contributed by atoms with Gasteiger partial charge in [-0.05, 0) is 17.7 Å². The first-order valence-corrected chi connectivity index (χ1v) is 8.19. The molecule has 8 heteroatoms. The maximum absolute atomic E-state index is 12.3. The molecular formula is C19H21N3O5. The van der Waals surface area contributed by atoms with Crippen molar-refractivity contribution >= 4 is 23.6 Å². The fourth-order valence-corrected chi connectivity index (χ4v) is 2.39. The molecule has 3 amide bonds. The van der Waals surface area contributed by atoms with Gasteiger partial charge in [-0.25, -0.2) is 9.59 Å². The van der Waals surface area contributed by atoms with Gasteiger partial charge in [-0.1, -0.05) is 42.5 Å². The normalized spacial score (nSPS) is 11.1. The number of urea groups is 1. The van der Waals surface area contributed by atoms with Crippen LogP contribution >= 0.6 is 0 Å².